The van der Waals surface area contributed by atoms with Crippen molar-refractivity contribution in [3.8, 4) is 5.75 Å². The van der Waals surface area contributed by atoms with Gasteiger partial charge in [-0.2, -0.15) is 0 Å². The number of hydrogen-bond donors (Lipinski definition) is 3. The fourth-order valence-electron chi connectivity index (χ4n) is 7.04. The first-order chi connectivity index (χ1) is 21.2. The summed E-state index contributed by atoms with van der Waals surface area (Å²) in [5, 5.41) is 16.9. The third kappa shape index (κ3) is 5.19. The van der Waals surface area contributed by atoms with E-state index in [1.807, 2.05) is 56.3 Å². The van der Waals surface area contributed by atoms with Gasteiger partial charge in [0.25, 0.3) is 0 Å². The lowest BCUT2D eigenvalue weighted by atomic mass is 9.70. The lowest BCUT2D eigenvalue weighted by molar-refractivity contribution is -0.141. The molecular formula is C33H33BrClN3O5S. The number of fused-ring (bicyclic) bond motifs is 1. The molecule has 6 rings (SSSR count). The van der Waals surface area contributed by atoms with Gasteiger partial charge in [-0.3, -0.25) is 14.4 Å². The third-order valence-corrected chi connectivity index (χ3v) is 12.4. The monoisotopic (exact) mass is 697 g/mol. The zero-order valence-corrected chi connectivity index (χ0v) is 27.4. The number of rotatable bonds is 9. The second-order valence-corrected chi connectivity index (χ2v) is 14.5. The number of benzene rings is 3. The predicted molar refractivity (Wildman–Crippen MR) is 176 cm³/mol. The molecule has 7 atom stereocenters. The molecule has 3 aliphatic rings. The second-order valence-electron chi connectivity index (χ2n) is 11.4. The van der Waals surface area contributed by atoms with Crippen molar-refractivity contribution in [2.24, 2.45) is 11.8 Å². The Kier molecular flexibility index (Phi) is 8.71. The molecule has 3 fully saturated rings. The van der Waals surface area contributed by atoms with Crippen LogP contribution >= 0.6 is 39.3 Å². The molecule has 3 aromatic carbocycles. The fourth-order valence-corrected chi connectivity index (χ4v) is 10.9. The van der Waals surface area contributed by atoms with Gasteiger partial charge in [0, 0.05) is 15.8 Å². The molecule has 2 bridgehead atoms. The van der Waals surface area contributed by atoms with Gasteiger partial charge in [-0.1, -0.05) is 70.0 Å². The third-order valence-electron chi connectivity index (χ3n) is 8.87. The number of aryl methyl sites for hydroxylation is 1. The van der Waals surface area contributed by atoms with E-state index in [4.69, 9.17) is 16.3 Å². The highest BCUT2D eigenvalue weighted by Crippen LogP contribution is 2.68. The first-order valence-electron chi connectivity index (χ1n) is 14.6. The molecule has 0 aliphatic carbocycles. The number of aliphatic hydroxyl groups is 1. The fraction of sp³-hybridized carbons (Fsp3) is 0.364. The molecule has 3 N–H and O–H groups in total. The first-order valence-corrected chi connectivity index (χ1v) is 16.8. The van der Waals surface area contributed by atoms with Gasteiger partial charge in [0.2, 0.25) is 17.7 Å². The average molecular weight is 699 g/mol. The average Bonchev–Trinajstić information content (AvgIpc) is 3.61. The summed E-state index contributed by atoms with van der Waals surface area (Å²) in [6, 6.07) is 19.9. The molecule has 3 saturated heterocycles. The largest absolute Gasteiger partial charge is 0.494 e. The highest BCUT2D eigenvalue weighted by atomic mass is 79.9. The van der Waals surface area contributed by atoms with Gasteiger partial charge in [0.15, 0.2) is 0 Å². The Bertz CT molecular complexity index is 1560. The van der Waals surface area contributed by atoms with E-state index in [1.54, 1.807) is 30.3 Å². The van der Waals surface area contributed by atoms with Crippen molar-refractivity contribution in [3.63, 3.8) is 0 Å². The van der Waals surface area contributed by atoms with E-state index in [0.29, 0.717) is 40.7 Å². The van der Waals surface area contributed by atoms with Crippen LogP contribution in [0, 0.1) is 18.8 Å². The number of nitrogens with zero attached hydrogens (tertiary/aromatic N) is 1. The van der Waals surface area contributed by atoms with Gasteiger partial charge in [-0.25, -0.2) is 0 Å². The van der Waals surface area contributed by atoms with E-state index >= 15 is 0 Å². The van der Waals surface area contributed by atoms with Gasteiger partial charge in [-0.15, -0.1) is 11.8 Å². The highest BCUT2D eigenvalue weighted by Gasteiger charge is 2.76. The van der Waals surface area contributed by atoms with E-state index < -0.39 is 34.6 Å². The molecule has 3 unspecified atom stereocenters. The normalized spacial score (nSPS) is 27.6. The summed E-state index contributed by atoms with van der Waals surface area (Å²) >= 11 is 11.8. The molecule has 11 heteroatoms. The Morgan fingerprint density at radius 2 is 1.82 bits per heavy atom. The van der Waals surface area contributed by atoms with Crippen molar-refractivity contribution in [2.45, 2.75) is 47.2 Å². The molecule has 3 heterocycles. The van der Waals surface area contributed by atoms with Crippen LogP contribution in [-0.2, 0) is 14.4 Å². The van der Waals surface area contributed by atoms with E-state index in [0.717, 1.165) is 5.56 Å². The summed E-state index contributed by atoms with van der Waals surface area (Å²) in [6.45, 7) is 3.90. The molecular weight excluding hydrogens is 666 g/mol. The Labute approximate surface area is 274 Å². The molecule has 3 amide bonds. The Morgan fingerprint density at radius 1 is 1.09 bits per heavy atom. The smallest absolute Gasteiger partial charge is 0.248 e. The molecule has 0 saturated carbocycles. The number of hydrogen-bond acceptors (Lipinski definition) is 6. The molecule has 44 heavy (non-hydrogen) atoms. The molecule has 0 radical (unpaired) electrons. The Balaban J connectivity index is 1.40. The Morgan fingerprint density at radius 3 is 2.48 bits per heavy atom. The van der Waals surface area contributed by atoms with Gasteiger partial charge in [0.05, 0.1) is 46.5 Å². The number of para-hydroxylation sites is 1. The number of aliphatic hydroxyl groups excluding tert-OH is 1. The van der Waals surface area contributed by atoms with Gasteiger partial charge >= 0.3 is 0 Å². The molecule has 8 nitrogen and oxygen atoms in total. The number of halogens is 2. The first kappa shape index (κ1) is 31.0. The highest BCUT2D eigenvalue weighted by molar-refractivity contribution is 9.09. The van der Waals surface area contributed by atoms with Crippen LogP contribution in [0.25, 0.3) is 0 Å². The number of likely N-dealkylation sites (tertiary alicyclic amines) is 1. The lowest BCUT2D eigenvalue weighted by Crippen LogP contribution is -2.53. The number of nitrogens with one attached hydrogen (secondary N) is 2. The van der Waals surface area contributed by atoms with Crippen LogP contribution in [0.2, 0.25) is 5.02 Å². The summed E-state index contributed by atoms with van der Waals surface area (Å²) in [5.74, 6) is -1.76. The van der Waals surface area contributed by atoms with Crippen molar-refractivity contribution in [3.05, 3.63) is 88.9 Å². The molecule has 3 aliphatic heterocycles. The van der Waals surface area contributed by atoms with Crippen LogP contribution < -0.4 is 15.4 Å². The zero-order valence-electron chi connectivity index (χ0n) is 24.2. The van der Waals surface area contributed by atoms with Gasteiger partial charge < -0.3 is 25.4 Å². The molecule has 0 aromatic heterocycles. The number of carbonyl (C=O) groups is 3. The number of ether oxygens (including phenoxy) is 1. The van der Waals surface area contributed by atoms with E-state index in [1.165, 1.54) is 16.7 Å². The van der Waals surface area contributed by atoms with Crippen molar-refractivity contribution >= 4 is 68.4 Å². The number of carbonyl (C=O) groups excluding carboxylic acids is 3. The van der Waals surface area contributed by atoms with Crippen LogP contribution in [0.15, 0.2) is 72.8 Å². The summed E-state index contributed by atoms with van der Waals surface area (Å²) in [7, 11) is 0. The maximum absolute atomic E-state index is 14.6. The van der Waals surface area contributed by atoms with Crippen LogP contribution in [0.1, 0.15) is 30.5 Å². The SMILES string of the molecule is CCOc1ccc(NC(=O)[C@H]2[C@@H]3SC4(CC3Br)C(C(=O)Nc3c(C)cccc3Cl)N([C@H](CO)c3ccccc3)C(=O)[C@H]24)cc1. The Hall–Kier alpha value is -3.05. The maximum atomic E-state index is 14.6. The summed E-state index contributed by atoms with van der Waals surface area (Å²) in [5.41, 5.74) is 2.56. The van der Waals surface area contributed by atoms with Crippen LogP contribution in [-0.4, -0.2) is 61.8 Å². The van der Waals surface area contributed by atoms with Crippen LogP contribution in [0.4, 0.5) is 11.4 Å². The summed E-state index contributed by atoms with van der Waals surface area (Å²) < 4.78 is 4.62. The number of anilines is 2. The maximum Gasteiger partial charge on any atom is 0.248 e. The van der Waals surface area contributed by atoms with Crippen LogP contribution in [0.5, 0.6) is 5.75 Å². The van der Waals surface area contributed by atoms with Gasteiger partial charge in [0.1, 0.15) is 11.8 Å². The minimum atomic E-state index is -0.966. The minimum Gasteiger partial charge on any atom is -0.494 e. The topological polar surface area (TPSA) is 108 Å². The van der Waals surface area contributed by atoms with Crippen molar-refractivity contribution in [2.75, 3.05) is 23.8 Å². The van der Waals surface area contributed by atoms with E-state index in [2.05, 4.69) is 26.6 Å². The van der Waals surface area contributed by atoms with Crippen molar-refractivity contribution < 1.29 is 24.2 Å². The van der Waals surface area contributed by atoms with Crippen molar-refractivity contribution in [1.82, 2.24) is 4.90 Å². The second kappa shape index (κ2) is 12.4. The summed E-state index contributed by atoms with van der Waals surface area (Å²) in [4.78, 5) is 44.5. The summed E-state index contributed by atoms with van der Waals surface area (Å²) in [6.07, 6.45) is 0.509. The molecule has 230 valence electrons. The quantitative estimate of drug-likeness (QED) is 0.243. The zero-order chi connectivity index (χ0) is 31.2. The van der Waals surface area contributed by atoms with Crippen molar-refractivity contribution in [1.29, 1.82) is 0 Å². The molecule has 1 spiro atoms. The number of amides is 3. The van der Waals surface area contributed by atoms with E-state index in [9.17, 15) is 19.5 Å². The number of alkyl halides is 1. The standard InChI is InChI=1S/C33H33BrClN3O5S/c1-3-43-21-14-12-20(13-15-21)36-30(40)25-26-32(42)38(24(17-39)19-9-5-4-6-10-19)29(33(26)16-22(34)28(25)44-33)31(41)37-27-18(2)8-7-11-23(27)35/h4-15,22,24-26,28-29,39H,3,16-17H2,1-2H3,(H,36,40)(H,37,41)/t22?,24-,25-,26+,28-,29?,33?/m1/s1. The van der Waals surface area contributed by atoms with Crippen LogP contribution in [0.3, 0.4) is 0 Å². The number of thioether (sulfide) groups is 1. The van der Waals surface area contributed by atoms with E-state index in [-0.39, 0.29) is 28.5 Å². The predicted octanol–water partition coefficient (Wildman–Crippen LogP) is 5.82. The lowest BCUT2D eigenvalue weighted by Gasteiger charge is -2.37. The van der Waals surface area contributed by atoms with Gasteiger partial charge in [-0.05, 0) is 61.7 Å². The molecule has 3 aromatic rings. The minimum absolute atomic E-state index is 0.103.